The third-order valence-electron chi connectivity index (χ3n) is 3.19. The van der Waals surface area contributed by atoms with Crippen LogP contribution in [0.4, 0.5) is 5.00 Å². The summed E-state index contributed by atoms with van der Waals surface area (Å²) in [6, 6.07) is 1.66. The highest BCUT2D eigenvalue weighted by atomic mass is 32.2. The van der Waals surface area contributed by atoms with Gasteiger partial charge in [0, 0.05) is 4.88 Å². The lowest BCUT2D eigenvalue weighted by Crippen LogP contribution is -2.24. The second-order valence-corrected chi connectivity index (χ2v) is 8.39. The van der Waals surface area contributed by atoms with Gasteiger partial charge in [-0.2, -0.15) is 0 Å². The number of aryl methyl sites for hydroxylation is 1. The summed E-state index contributed by atoms with van der Waals surface area (Å²) in [5, 5.41) is 3.08. The van der Waals surface area contributed by atoms with Crippen molar-refractivity contribution in [2.45, 2.75) is 20.3 Å². The zero-order valence-corrected chi connectivity index (χ0v) is 13.5. The van der Waals surface area contributed by atoms with Crippen molar-refractivity contribution in [1.29, 1.82) is 0 Å². The summed E-state index contributed by atoms with van der Waals surface area (Å²) in [6.07, 6.45) is 0.327. The molecule has 1 atom stereocenters. The minimum Gasteiger partial charge on any atom is -0.462 e. The molecule has 1 aromatic heterocycles. The van der Waals surface area contributed by atoms with Crippen LogP contribution in [-0.2, 0) is 19.4 Å². The second kappa shape index (κ2) is 6.15. The molecule has 1 aromatic rings. The predicted molar refractivity (Wildman–Crippen MR) is 80.4 cm³/mol. The van der Waals surface area contributed by atoms with E-state index < -0.39 is 21.7 Å². The molecule has 0 saturated carbocycles. The van der Waals surface area contributed by atoms with Crippen LogP contribution >= 0.6 is 11.3 Å². The fourth-order valence-corrected chi connectivity index (χ4v) is 4.83. The van der Waals surface area contributed by atoms with Crippen molar-refractivity contribution in [2.75, 3.05) is 23.4 Å². The summed E-state index contributed by atoms with van der Waals surface area (Å²) in [7, 11) is -3.11. The maximum Gasteiger partial charge on any atom is 0.341 e. The minimum atomic E-state index is -3.11. The number of ether oxygens (including phenoxy) is 1. The number of amides is 1. The summed E-state index contributed by atoms with van der Waals surface area (Å²) in [6.45, 7) is 3.78. The SMILES string of the molecule is CCOC(=O)c1cc(C)sc1NC(=O)C1CCS(=O)(=O)C1. The van der Waals surface area contributed by atoms with E-state index in [-0.39, 0.29) is 24.0 Å². The average Bonchev–Trinajstić information content (AvgIpc) is 2.92. The maximum absolute atomic E-state index is 12.1. The molecule has 116 valence electrons. The van der Waals surface area contributed by atoms with Crippen LogP contribution in [0.2, 0.25) is 0 Å². The Kier molecular flexibility index (Phi) is 4.67. The Morgan fingerprint density at radius 2 is 2.19 bits per heavy atom. The highest BCUT2D eigenvalue weighted by Gasteiger charge is 2.33. The number of anilines is 1. The highest BCUT2D eigenvalue weighted by molar-refractivity contribution is 7.91. The quantitative estimate of drug-likeness (QED) is 0.847. The average molecular weight is 331 g/mol. The molecule has 0 aliphatic carbocycles. The lowest BCUT2D eigenvalue weighted by atomic mass is 10.1. The molecule has 0 radical (unpaired) electrons. The molecule has 2 rings (SSSR count). The first-order chi connectivity index (χ1) is 9.82. The maximum atomic E-state index is 12.1. The van der Waals surface area contributed by atoms with Gasteiger partial charge < -0.3 is 10.1 Å². The monoisotopic (exact) mass is 331 g/mol. The molecule has 2 heterocycles. The van der Waals surface area contributed by atoms with E-state index in [9.17, 15) is 18.0 Å². The third kappa shape index (κ3) is 3.82. The van der Waals surface area contributed by atoms with Crippen molar-refractivity contribution in [3.8, 4) is 0 Å². The van der Waals surface area contributed by atoms with Crippen molar-refractivity contribution < 1.29 is 22.7 Å². The van der Waals surface area contributed by atoms with Crippen LogP contribution in [0.5, 0.6) is 0 Å². The van der Waals surface area contributed by atoms with E-state index >= 15 is 0 Å². The molecule has 0 bridgehead atoms. The molecule has 21 heavy (non-hydrogen) atoms. The van der Waals surface area contributed by atoms with Gasteiger partial charge in [-0.3, -0.25) is 4.79 Å². The summed E-state index contributed by atoms with van der Waals surface area (Å²) >= 11 is 1.27. The third-order valence-corrected chi connectivity index (χ3v) is 5.92. The summed E-state index contributed by atoms with van der Waals surface area (Å²) in [4.78, 5) is 24.8. The minimum absolute atomic E-state index is 0.0410. The number of hydrogen-bond donors (Lipinski definition) is 1. The van der Waals surface area contributed by atoms with Gasteiger partial charge in [-0.15, -0.1) is 11.3 Å². The van der Waals surface area contributed by atoms with Gasteiger partial charge in [0.2, 0.25) is 5.91 Å². The zero-order valence-electron chi connectivity index (χ0n) is 11.8. The van der Waals surface area contributed by atoms with E-state index in [2.05, 4.69) is 5.32 Å². The number of carbonyl (C=O) groups excluding carboxylic acids is 2. The predicted octanol–water partition coefficient (Wildman–Crippen LogP) is 1.61. The molecule has 1 saturated heterocycles. The molecule has 1 fully saturated rings. The van der Waals surface area contributed by atoms with Gasteiger partial charge >= 0.3 is 5.97 Å². The molecule has 0 spiro atoms. The van der Waals surface area contributed by atoms with Gasteiger partial charge in [-0.1, -0.05) is 0 Å². The Morgan fingerprint density at radius 3 is 2.76 bits per heavy atom. The Labute approximate surface area is 127 Å². The van der Waals surface area contributed by atoms with Gasteiger partial charge in [0.1, 0.15) is 5.00 Å². The van der Waals surface area contributed by atoms with E-state index in [0.717, 1.165) is 4.88 Å². The van der Waals surface area contributed by atoms with Crippen molar-refractivity contribution in [3.05, 3.63) is 16.5 Å². The van der Waals surface area contributed by atoms with Crippen LogP contribution < -0.4 is 5.32 Å². The number of hydrogen-bond acceptors (Lipinski definition) is 6. The highest BCUT2D eigenvalue weighted by Crippen LogP contribution is 2.30. The van der Waals surface area contributed by atoms with Crippen molar-refractivity contribution >= 4 is 38.1 Å². The molecule has 1 N–H and O–H groups in total. The summed E-state index contributed by atoms with van der Waals surface area (Å²) < 4.78 is 27.8. The molecule has 8 heteroatoms. The van der Waals surface area contributed by atoms with E-state index in [4.69, 9.17) is 4.74 Å². The smallest absolute Gasteiger partial charge is 0.341 e. The van der Waals surface area contributed by atoms with Crippen LogP contribution in [0.1, 0.15) is 28.6 Å². The van der Waals surface area contributed by atoms with Crippen LogP contribution in [-0.4, -0.2) is 38.4 Å². The topological polar surface area (TPSA) is 89.5 Å². The molecule has 6 nitrogen and oxygen atoms in total. The number of thiophene rings is 1. The molecular weight excluding hydrogens is 314 g/mol. The number of sulfone groups is 1. The van der Waals surface area contributed by atoms with Crippen LogP contribution in [0.25, 0.3) is 0 Å². The first-order valence-corrected chi connectivity index (χ1v) is 9.25. The van der Waals surface area contributed by atoms with Crippen LogP contribution in [0.15, 0.2) is 6.07 Å². The van der Waals surface area contributed by atoms with Crippen molar-refractivity contribution in [1.82, 2.24) is 0 Å². The fraction of sp³-hybridized carbons (Fsp3) is 0.538. The molecule has 1 amide bonds. The van der Waals surface area contributed by atoms with Gasteiger partial charge in [-0.05, 0) is 26.3 Å². The second-order valence-electron chi connectivity index (χ2n) is 4.91. The van der Waals surface area contributed by atoms with Crippen LogP contribution in [0, 0.1) is 12.8 Å². The van der Waals surface area contributed by atoms with E-state index in [1.807, 2.05) is 6.92 Å². The van der Waals surface area contributed by atoms with E-state index in [1.165, 1.54) is 11.3 Å². The number of esters is 1. The number of nitrogens with one attached hydrogen (secondary N) is 1. The fourth-order valence-electron chi connectivity index (χ4n) is 2.18. The standard InChI is InChI=1S/C13H17NO5S2/c1-3-19-13(16)10-6-8(2)20-12(10)14-11(15)9-4-5-21(17,18)7-9/h6,9H,3-5,7H2,1-2H3,(H,14,15). The summed E-state index contributed by atoms with van der Waals surface area (Å²) in [5.41, 5.74) is 0.313. The lowest BCUT2D eigenvalue weighted by Gasteiger charge is -2.09. The largest absolute Gasteiger partial charge is 0.462 e. The van der Waals surface area contributed by atoms with Crippen molar-refractivity contribution in [3.63, 3.8) is 0 Å². The molecule has 0 aromatic carbocycles. The van der Waals surface area contributed by atoms with Crippen LogP contribution in [0.3, 0.4) is 0 Å². The number of rotatable bonds is 4. The van der Waals surface area contributed by atoms with Gasteiger partial charge in [0.15, 0.2) is 9.84 Å². The zero-order chi connectivity index (χ0) is 15.6. The summed E-state index contributed by atoms with van der Waals surface area (Å²) in [5.74, 6) is -1.48. The van der Waals surface area contributed by atoms with Crippen molar-refractivity contribution in [2.24, 2.45) is 5.92 Å². The first kappa shape index (κ1) is 16.0. The Hall–Kier alpha value is -1.41. The Balaban J connectivity index is 2.13. The van der Waals surface area contributed by atoms with Gasteiger partial charge in [0.25, 0.3) is 0 Å². The van der Waals surface area contributed by atoms with E-state index in [1.54, 1.807) is 13.0 Å². The molecule has 1 aliphatic rings. The normalized spacial score (nSPS) is 20.2. The van der Waals surface area contributed by atoms with Gasteiger partial charge in [-0.25, -0.2) is 13.2 Å². The number of carbonyl (C=O) groups is 2. The van der Waals surface area contributed by atoms with Gasteiger partial charge in [0.05, 0.1) is 29.6 Å². The Morgan fingerprint density at radius 1 is 1.48 bits per heavy atom. The lowest BCUT2D eigenvalue weighted by molar-refractivity contribution is -0.119. The molecule has 1 aliphatic heterocycles. The Bertz CT molecular complexity index is 662. The van der Waals surface area contributed by atoms with E-state index in [0.29, 0.717) is 17.0 Å². The molecule has 1 unspecified atom stereocenters. The molecular formula is C13H17NO5S2. The first-order valence-electron chi connectivity index (χ1n) is 6.61.